The number of halogens is 1. The Hall–Kier alpha value is -0.690. The highest BCUT2D eigenvalue weighted by Crippen LogP contribution is 2.36. The van der Waals surface area contributed by atoms with E-state index >= 15 is 0 Å². The molecule has 1 atom stereocenters. The van der Waals surface area contributed by atoms with Crippen LogP contribution in [0.1, 0.15) is 29.3 Å². The quantitative estimate of drug-likeness (QED) is 0.627. The largest absolute Gasteiger partial charge is 0.497 e. The molecule has 0 aliphatic heterocycles. The molecule has 0 heterocycles. The summed E-state index contributed by atoms with van der Waals surface area (Å²) in [6, 6.07) is 6.20. The van der Waals surface area contributed by atoms with Gasteiger partial charge in [-0.3, -0.25) is 0 Å². The summed E-state index contributed by atoms with van der Waals surface area (Å²) in [6.07, 6.45) is 3.44. The first-order valence-corrected chi connectivity index (χ1v) is 5.06. The zero-order valence-corrected chi connectivity index (χ0v) is 8.47. The Morgan fingerprint density at radius 1 is 1.46 bits per heavy atom. The maximum absolute atomic E-state index is 6.22. The second kappa shape index (κ2) is 3.59. The van der Waals surface area contributed by atoms with Crippen LogP contribution in [0.2, 0.25) is 0 Å². The lowest BCUT2D eigenvalue weighted by atomic mass is 9.91. The number of alkyl halides is 1. The molecule has 1 aromatic carbocycles. The van der Waals surface area contributed by atoms with E-state index in [1.54, 1.807) is 7.11 Å². The summed E-state index contributed by atoms with van der Waals surface area (Å²) in [4.78, 5) is 0. The number of rotatable bonds is 1. The number of fused-ring (bicyclic) bond motifs is 1. The van der Waals surface area contributed by atoms with Crippen LogP contribution in [0.3, 0.4) is 0 Å². The number of hydrogen-bond acceptors (Lipinski definition) is 1. The molecule has 70 valence electrons. The van der Waals surface area contributed by atoms with Gasteiger partial charge >= 0.3 is 0 Å². The minimum atomic E-state index is 0.179. The molecule has 0 amide bonds. The van der Waals surface area contributed by atoms with Crippen molar-refractivity contribution in [2.45, 2.75) is 24.6 Å². The van der Waals surface area contributed by atoms with Crippen LogP contribution in [-0.4, -0.2) is 7.11 Å². The summed E-state index contributed by atoms with van der Waals surface area (Å²) in [5.74, 6) is 0.909. The normalized spacial score (nSPS) is 20.9. The Balaban J connectivity index is 2.41. The zero-order chi connectivity index (χ0) is 9.26. The minimum Gasteiger partial charge on any atom is -0.497 e. The van der Waals surface area contributed by atoms with Gasteiger partial charge in [0, 0.05) is 0 Å². The van der Waals surface area contributed by atoms with Crippen molar-refractivity contribution in [2.75, 3.05) is 7.11 Å². The van der Waals surface area contributed by atoms with Crippen LogP contribution >= 0.6 is 11.6 Å². The maximum Gasteiger partial charge on any atom is 0.119 e. The third-order valence-electron chi connectivity index (χ3n) is 2.59. The van der Waals surface area contributed by atoms with Crippen LogP contribution in [0.5, 0.6) is 5.75 Å². The number of methoxy groups -OCH3 is 1. The zero-order valence-electron chi connectivity index (χ0n) is 7.72. The summed E-state index contributed by atoms with van der Waals surface area (Å²) in [6.45, 7) is 0. The molecule has 1 aliphatic carbocycles. The fourth-order valence-corrected chi connectivity index (χ4v) is 2.20. The Morgan fingerprint density at radius 2 is 2.31 bits per heavy atom. The molecule has 0 saturated carbocycles. The Kier molecular flexibility index (Phi) is 2.45. The molecule has 1 aromatic rings. The van der Waals surface area contributed by atoms with Gasteiger partial charge in [-0.25, -0.2) is 0 Å². The van der Waals surface area contributed by atoms with Gasteiger partial charge in [0.2, 0.25) is 0 Å². The highest BCUT2D eigenvalue weighted by molar-refractivity contribution is 6.21. The van der Waals surface area contributed by atoms with Gasteiger partial charge < -0.3 is 4.74 Å². The van der Waals surface area contributed by atoms with Gasteiger partial charge in [0.05, 0.1) is 12.5 Å². The van der Waals surface area contributed by atoms with Gasteiger partial charge in [-0.15, -0.1) is 11.6 Å². The van der Waals surface area contributed by atoms with Crippen molar-refractivity contribution in [1.82, 2.24) is 0 Å². The summed E-state index contributed by atoms with van der Waals surface area (Å²) in [7, 11) is 1.69. The van der Waals surface area contributed by atoms with Crippen LogP contribution in [0.15, 0.2) is 18.2 Å². The van der Waals surface area contributed by atoms with Gasteiger partial charge in [-0.05, 0) is 42.5 Å². The number of benzene rings is 1. The van der Waals surface area contributed by atoms with Gasteiger partial charge in [0.15, 0.2) is 0 Å². The number of hydrogen-bond donors (Lipinski definition) is 0. The van der Waals surface area contributed by atoms with Crippen molar-refractivity contribution >= 4 is 11.6 Å². The lowest BCUT2D eigenvalue weighted by Crippen LogP contribution is -2.05. The molecule has 13 heavy (non-hydrogen) atoms. The van der Waals surface area contributed by atoms with Crippen molar-refractivity contribution in [1.29, 1.82) is 0 Å². The topological polar surface area (TPSA) is 9.23 Å². The van der Waals surface area contributed by atoms with E-state index in [0.29, 0.717) is 0 Å². The summed E-state index contributed by atoms with van der Waals surface area (Å²) in [5, 5.41) is 0.179. The van der Waals surface area contributed by atoms with Crippen molar-refractivity contribution < 1.29 is 4.74 Å². The molecular formula is C11H13ClO. The predicted octanol–water partition coefficient (Wildman–Crippen LogP) is 3.31. The molecule has 0 N–H and O–H groups in total. The van der Waals surface area contributed by atoms with E-state index < -0.39 is 0 Å². The lowest BCUT2D eigenvalue weighted by Gasteiger charge is -2.20. The molecular weight excluding hydrogens is 184 g/mol. The SMILES string of the molecule is COc1ccc2c(c1)C(Cl)CCC2. The first-order chi connectivity index (χ1) is 6.31. The maximum atomic E-state index is 6.22. The number of aryl methyl sites for hydroxylation is 1. The van der Waals surface area contributed by atoms with E-state index in [9.17, 15) is 0 Å². The molecule has 0 bridgehead atoms. The Morgan fingerprint density at radius 3 is 3.08 bits per heavy atom. The summed E-state index contributed by atoms with van der Waals surface area (Å²) < 4.78 is 5.17. The first kappa shape index (κ1) is 8.89. The second-order valence-electron chi connectivity index (χ2n) is 3.42. The fraction of sp³-hybridized carbons (Fsp3) is 0.455. The van der Waals surface area contributed by atoms with E-state index in [1.165, 1.54) is 17.5 Å². The van der Waals surface area contributed by atoms with Gasteiger partial charge in [-0.1, -0.05) is 6.07 Å². The molecule has 0 saturated heterocycles. The van der Waals surface area contributed by atoms with Crippen LogP contribution < -0.4 is 4.74 Å². The van der Waals surface area contributed by atoms with Crippen LogP contribution in [0.25, 0.3) is 0 Å². The molecule has 0 aromatic heterocycles. The minimum absolute atomic E-state index is 0.179. The monoisotopic (exact) mass is 196 g/mol. The smallest absolute Gasteiger partial charge is 0.119 e. The Bertz CT molecular complexity index is 309. The third kappa shape index (κ3) is 1.66. The Labute approximate surface area is 83.7 Å². The highest BCUT2D eigenvalue weighted by Gasteiger charge is 2.18. The predicted molar refractivity (Wildman–Crippen MR) is 54.5 cm³/mol. The molecule has 0 spiro atoms. The van der Waals surface area contributed by atoms with Gasteiger partial charge in [0.1, 0.15) is 5.75 Å². The summed E-state index contributed by atoms with van der Waals surface area (Å²) >= 11 is 6.22. The molecule has 0 radical (unpaired) electrons. The average Bonchev–Trinajstić information content (AvgIpc) is 2.18. The average molecular weight is 197 g/mol. The third-order valence-corrected chi connectivity index (χ3v) is 3.05. The molecule has 2 rings (SSSR count). The van der Waals surface area contributed by atoms with E-state index in [0.717, 1.165) is 18.6 Å². The van der Waals surface area contributed by atoms with Crippen LogP contribution in [0.4, 0.5) is 0 Å². The van der Waals surface area contributed by atoms with E-state index in [1.807, 2.05) is 6.07 Å². The molecule has 1 nitrogen and oxygen atoms in total. The standard InChI is InChI=1S/C11H13ClO/c1-13-9-6-5-8-3-2-4-11(12)10(8)7-9/h5-7,11H,2-4H2,1H3. The molecule has 2 heteroatoms. The van der Waals surface area contributed by atoms with Crippen LogP contribution in [-0.2, 0) is 6.42 Å². The highest BCUT2D eigenvalue weighted by atomic mass is 35.5. The van der Waals surface area contributed by atoms with E-state index in [4.69, 9.17) is 16.3 Å². The van der Waals surface area contributed by atoms with E-state index in [2.05, 4.69) is 12.1 Å². The lowest BCUT2D eigenvalue weighted by molar-refractivity contribution is 0.413. The van der Waals surface area contributed by atoms with Crippen molar-refractivity contribution in [2.24, 2.45) is 0 Å². The summed E-state index contributed by atoms with van der Waals surface area (Å²) in [5.41, 5.74) is 2.64. The van der Waals surface area contributed by atoms with Crippen LogP contribution in [0, 0.1) is 0 Å². The molecule has 0 fully saturated rings. The molecule has 1 unspecified atom stereocenters. The molecule has 1 aliphatic rings. The van der Waals surface area contributed by atoms with Crippen molar-refractivity contribution in [3.63, 3.8) is 0 Å². The fourth-order valence-electron chi connectivity index (χ4n) is 1.85. The van der Waals surface area contributed by atoms with Crippen molar-refractivity contribution in [3.8, 4) is 5.75 Å². The first-order valence-electron chi connectivity index (χ1n) is 4.62. The number of ether oxygens (including phenoxy) is 1. The van der Waals surface area contributed by atoms with Gasteiger partial charge in [-0.2, -0.15) is 0 Å². The van der Waals surface area contributed by atoms with Gasteiger partial charge in [0.25, 0.3) is 0 Å². The second-order valence-corrected chi connectivity index (χ2v) is 3.95. The van der Waals surface area contributed by atoms with Crippen molar-refractivity contribution in [3.05, 3.63) is 29.3 Å². The van der Waals surface area contributed by atoms with E-state index in [-0.39, 0.29) is 5.38 Å².